The number of ether oxygens (including phenoxy) is 2. The Morgan fingerprint density at radius 1 is 1.08 bits per heavy atom. The van der Waals surface area contributed by atoms with Crippen LogP contribution in [0, 0.1) is 17.3 Å². The normalized spacial score (nSPS) is 21.0. The highest BCUT2D eigenvalue weighted by molar-refractivity contribution is 6.55. The third-order valence-electron chi connectivity index (χ3n) is 7.38. The molecule has 4 rings (SSSR count). The van der Waals surface area contributed by atoms with Gasteiger partial charge >= 0.3 is 0 Å². The molecule has 1 aliphatic heterocycles. The molecule has 1 heterocycles. The highest BCUT2D eigenvalue weighted by atomic mass is 35.5. The molecule has 0 radical (unpaired) electrons. The molecule has 2 aliphatic rings. The Balaban J connectivity index is 1.35. The molecule has 0 bridgehead atoms. The smallest absolute Gasteiger partial charge is 0.244 e. The number of hydrogen-bond donors (Lipinski definition) is 1. The molecule has 0 unspecified atom stereocenters. The molecule has 7 nitrogen and oxygen atoms in total. The molecule has 2 aromatic carbocycles. The zero-order chi connectivity index (χ0) is 26.6. The molecule has 0 aromatic heterocycles. The lowest BCUT2D eigenvalue weighted by Gasteiger charge is -2.36. The van der Waals surface area contributed by atoms with Gasteiger partial charge in [0.15, 0.2) is 0 Å². The molecule has 198 valence electrons. The molecular weight excluding hydrogens is 511 g/mol. The van der Waals surface area contributed by atoms with Gasteiger partial charge < -0.3 is 14.4 Å². The van der Waals surface area contributed by atoms with Crippen LogP contribution < -0.4 is 19.8 Å². The van der Waals surface area contributed by atoms with Gasteiger partial charge in [0.1, 0.15) is 16.0 Å². The summed E-state index contributed by atoms with van der Waals surface area (Å²) in [6, 6.07) is 14.1. The number of carbonyl (C=O) groups excluding carboxylic acids is 1. The van der Waals surface area contributed by atoms with E-state index in [4.69, 9.17) is 32.7 Å². The molecule has 9 heteroatoms. The van der Waals surface area contributed by atoms with E-state index in [0.717, 1.165) is 61.0 Å². The minimum absolute atomic E-state index is 0.00346. The minimum atomic E-state index is -0.210. The number of amides is 1. The highest BCUT2D eigenvalue weighted by Crippen LogP contribution is 2.59. The van der Waals surface area contributed by atoms with Gasteiger partial charge in [-0.05, 0) is 53.3 Å². The van der Waals surface area contributed by atoms with Crippen LogP contribution in [0.3, 0.4) is 0 Å². The summed E-state index contributed by atoms with van der Waals surface area (Å²) in [7, 11) is 3.39. The Hall–Kier alpha value is -2.74. The number of hydrogen-bond acceptors (Lipinski definition) is 6. The predicted molar refractivity (Wildman–Crippen MR) is 150 cm³/mol. The Kier molecular flexibility index (Phi) is 8.67. The maximum atomic E-state index is 12.6. The number of para-hydroxylation sites is 2. The van der Waals surface area contributed by atoms with Crippen molar-refractivity contribution in [3.8, 4) is 11.5 Å². The fourth-order valence-electron chi connectivity index (χ4n) is 5.15. The molecule has 1 saturated carbocycles. The number of carbonyl (C=O) groups is 1. The molecule has 2 atom stereocenters. The third-order valence-corrected chi connectivity index (χ3v) is 7.64. The van der Waals surface area contributed by atoms with E-state index in [1.165, 1.54) is 0 Å². The number of benzene rings is 2. The van der Waals surface area contributed by atoms with Crippen LogP contribution in [0.4, 0.5) is 5.69 Å². The van der Waals surface area contributed by atoms with Crippen molar-refractivity contribution in [1.29, 1.82) is 0 Å². The minimum Gasteiger partial charge on any atom is -0.496 e. The summed E-state index contributed by atoms with van der Waals surface area (Å²) in [5.41, 5.74) is 5.57. The maximum Gasteiger partial charge on any atom is 0.244 e. The van der Waals surface area contributed by atoms with Crippen LogP contribution in [0.15, 0.2) is 58.1 Å². The molecular formula is C28H34Cl2N4O3. The monoisotopic (exact) mass is 544 g/mol. The number of nitrogens with zero attached hydrogens (tertiary/aromatic N) is 3. The first kappa shape index (κ1) is 27.3. The number of halogens is 2. The van der Waals surface area contributed by atoms with Crippen LogP contribution in [0.1, 0.15) is 25.0 Å². The first-order valence-electron chi connectivity index (χ1n) is 12.4. The quantitative estimate of drug-likeness (QED) is 0.352. The molecule has 0 spiro atoms. The van der Waals surface area contributed by atoms with Gasteiger partial charge in [0, 0.05) is 38.3 Å². The van der Waals surface area contributed by atoms with E-state index < -0.39 is 0 Å². The summed E-state index contributed by atoms with van der Waals surface area (Å²) in [5.74, 6) is 1.39. The third kappa shape index (κ3) is 6.40. The molecule has 1 aliphatic carbocycles. The maximum absolute atomic E-state index is 12.6. The Labute approximate surface area is 229 Å². The van der Waals surface area contributed by atoms with Crippen LogP contribution in [-0.2, 0) is 11.3 Å². The number of allylic oxidation sites excluding steroid dienone is 1. The van der Waals surface area contributed by atoms with Crippen LogP contribution in [0.25, 0.3) is 0 Å². The van der Waals surface area contributed by atoms with Gasteiger partial charge in [-0.25, -0.2) is 5.43 Å². The van der Waals surface area contributed by atoms with E-state index >= 15 is 0 Å². The average molecular weight is 546 g/mol. The van der Waals surface area contributed by atoms with Gasteiger partial charge in [-0.3, -0.25) is 9.69 Å². The van der Waals surface area contributed by atoms with Crippen LogP contribution >= 0.6 is 23.2 Å². The van der Waals surface area contributed by atoms with Crippen LogP contribution in [0.2, 0.25) is 0 Å². The topological polar surface area (TPSA) is 66.4 Å². The SMILES string of the molecule is COc1ccc(C=NNC(=O)[C@H]2[C@@H](C=C(Cl)Cl)C2(C)C)cc1CN1CCN(c2ccccc2OC)CC1. The van der Waals surface area contributed by atoms with Gasteiger partial charge in [0.2, 0.25) is 5.91 Å². The summed E-state index contributed by atoms with van der Waals surface area (Å²) >= 11 is 11.6. The predicted octanol–water partition coefficient (Wildman–Crippen LogP) is 5.07. The lowest BCUT2D eigenvalue weighted by atomic mass is 10.1. The summed E-state index contributed by atoms with van der Waals surface area (Å²) in [6.45, 7) is 8.48. The van der Waals surface area contributed by atoms with Crippen molar-refractivity contribution in [3.63, 3.8) is 0 Å². The summed E-state index contributed by atoms with van der Waals surface area (Å²) in [6.07, 6.45) is 3.39. The first-order chi connectivity index (χ1) is 17.7. The highest BCUT2D eigenvalue weighted by Gasteiger charge is 2.60. The second kappa shape index (κ2) is 11.8. The molecule has 1 saturated heterocycles. The average Bonchev–Trinajstić information content (AvgIpc) is 3.43. The number of anilines is 1. The summed E-state index contributed by atoms with van der Waals surface area (Å²) in [5, 5.41) is 4.20. The van der Waals surface area contributed by atoms with E-state index in [9.17, 15) is 4.79 Å². The van der Waals surface area contributed by atoms with E-state index in [1.807, 2.05) is 44.2 Å². The summed E-state index contributed by atoms with van der Waals surface area (Å²) < 4.78 is 11.3. The zero-order valence-electron chi connectivity index (χ0n) is 21.7. The molecule has 2 fully saturated rings. The van der Waals surface area contributed by atoms with E-state index in [1.54, 1.807) is 26.5 Å². The number of nitrogens with one attached hydrogen (secondary N) is 1. The lowest BCUT2D eigenvalue weighted by Crippen LogP contribution is -2.46. The Bertz CT molecular complexity index is 1170. The first-order valence-corrected chi connectivity index (χ1v) is 13.1. The van der Waals surface area contributed by atoms with E-state index in [-0.39, 0.29) is 27.6 Å². The Morgan fingerprint density at radius 3 is 2.46 bits per heavy atom. The number of methoxy groups -OCH3 is 2. The zero-order valence-corrected chi connectivity index (χ0v) is 23.2. The van der Waals surface area contributed by atoms with Gasteiger partial charge in [-0.1, -0.05) is 49.2 Å². The molecule has 2 aromatic rings. The summed E-state index contributed by atoms with van der Waals surface area (Å²) in [4.78, 5) is 17.4. The van der Waals surface area contributed by atoms with Crippen molar-refractivity contribution in [2.45, 2.75) is 20.4 Å². The fourth-order valence-corrected chi connectivity index (χ4v) is 5.42. The van der Waals surface area contributed by atoms with Gasteiger partial charge in [-0.15, -0.1) is 0 Å². The van der Waals surface area contributed by atoms with Crippen molar-refractivity contribution in [2.24, 2.45) is 22.4 Å². The molecule has 1 amide bonds. The second-order valence-electron chi connectivity index (χ2n) is 10.0. The van der Waals surface area contributed by atoms with Crippen LogP contribution in [-0.4, -0.2) is 57.4 Å². The van der Waals surface area contributed by atoms with Crippen molar-refractivity contribution in [3.05, 3.63) is 64.2 Å². The van der Waals surface area contributed by atoms with Crippen LogP contribution in [0.5, 0.6) is 11.5 Å². The van der Waals surface area contributed by atoms with Gasteiger partial charge in [0.25, 0.3) is 0 Å². The molecule has 1 N–H and O–H groups in total. The molecule has 37 heavy (non-hydrogen) atoms. The van der Waals surface area contributed by atoms with Crippen molar-refractivity contribution < 1.29 is 14.3 Å². The number of rotatable bonds is 9. The largest absolute Gasteiger partial charge is 0.496 e. The van der Waals surface area contributed by atoms with E-state index in [0.29, 0.717) is 0 Å². The standard InChI is InChI=1S/C28H34Cl2N4O3/c1-28(2)21(16-25(29)30)26(28)27(35)32-31-17-19-9-10-23(36-3)20(15-19)18-33-11-13-34(14-12-33)22-7-5-6-8-24(22)37-4/h5-10,15-17,21,26H,11-14,18H2,1-4H3,(H,32,35)/t21-,26-/m1/s1. The number of hydrazone groups is 1. The fraction of sp³-hybridized carbons (Fsp3) is 0.429. The van der Waals surface area contributed by atoms with Gasteiger partial charge in [0.05, 0.1) is 32.0 Å². The van der Waals surface area contributed by atoms with Crippen molar-refractivity contribution in [2.75, 3.05) is 45.3 Å². The second-order valence-corrected chi connectivity index (χ2v) is 11.0. The number of piperazine rings is 1. The van der Waals surface area contributed by atoms with Crippen molar-refractivity contribution in [1.82, 2.24) is 10.3 Å². The van der Waals surface area contributed by atoms with E-state index in [2.05, 4.69) is 32.5 Å². The lowest BCUT2D eigenvalue weighted by molar-refractivity contribution is -0.123. The Morgan fingerprint density at radius 2 is 1.78 bits per heavy atom. The van der Waals surface area contributed by atoms with Gasteiger partial charge in [-0.2, -0.15) is 5.10 Å². The van der Waals surface area contributed by atoms with Crippen molar-refractivity contribution >= 4 is 41.0 Å².